The number of hydrogen-bond acceptors (Lipinski definition) is 20. The Bertz CT molecular complexity index is 673. The summed E-state index contributed by atoms with van der Waals surface area (Å²) in [5, 5.41) is 19.0. The summed E-state index contributed by atoms with van der Waals surface area (Å²) in [6.07, 6.45) is 0. The summed E-state index contributed by atoms with van der Waals surface area (Å²) in [7, 11) is 0. The van der Waals surface area contributed by atoms with E-state index >= 15 is 0 Å². The highest BCUT2D eigenvalue weighted by molar-refractivity contribution is 8.16. The Hall–Kier alpha value is 1.75. The predicted molar refractivity (Wildman–Crippen MR) is 203 cm³/mol. The summed E-state index contributed by atoms with van der Waals surface area (Å²) >= 11 is 15.7. The Balaban J connectivity index is 3.26. The van der Waals surface area contributed by atoms with E-state index in [0.29, 0.717) is 59.1 Å². The molecule has 260 valence electrons. The Morgan fingerprint density at radius 2 is 0.818 bits per heavy atom. The van der Waals surface area contributed by atoms with E-state index in [0.717, 1.165) is 50.4 Å². The first-order chi connectivity index (χ1) is 21.6. The van der Waals surface area contributed by atoms with Crippen LogP contribution in [0.1, 0.15) is 0 Å². The molecule has 0 aromatic heterocycles. The van der Waals surface area contributed by atoms with Gasteiger partial charge in [-0.05, 0) is 0 Å². The molecule has 20 heteroatoms. The zero-order valence-electron chi connectivity index (χ0n) is 24.6. The second kappa shape index (κ2) is 39.2. The highest BCUT2D eigenvalue weighted by Gasteiger charge is 2.06. The van der Waals surface area contributed by atoms with Gasteiger partial charge in [-0.3, -0.25) is 14.4 Å². The minimum Gasteiger partial charge on any atom is -0.454 e. The lowest BCUT2D eigenvalue weighted by molar-refractivity contribution is -0.274. The molecule has 0 bridgehead atoms. The second-order valence-electron chi connectivity index (χ2n) is 7.45. The van der Waals surface area contributed by atoms with Crippen LogP contribution in [0.5, 0.6) is 0 Å². The molecule has 0 rings (SSSR count). The molecule has 0 atom stereocenters. The van der Waals surface area contributed by atoms with Crippen LogP contribution in [0, 0.1) is 0 Å². The van der Waals surface area contributed by atoms with Gasteiger partial charge in [0.1, 0.15) is 23.8 Å². The van der Waals surface area contributed by atoms with Gasteiger partial charge in [0.05, 0.1) is 37.1 Å². The van der Waals surface area contributed by atoms with E-state index in [-0.39, 0.29) is 31.1 Å². The van der Waals surface area contributed by atoms with Crippen LogP contribution in [-0.2, 0) is 38.4 Å². The molecule has 0 fully saturated rings. The fourth-order valence-electron chi connectivity index (χ4n) is 2.14. The highest BCUT2D eigenvalue weighted by atomic mass is 32.2. The smallest absolute Gasteiger partial charge is 0.316 e. The molecule has 2 N–H and O–H groups in total. The first-order valence-corrected chi connectivity index (χ1v) is 24.8. The molecule has 0 spiro atoms. The quantitative estimate of drug-likeness (QED) is 0.0230. The number of esters is 3. The summed E-state index contributed by atoms with van der Waals surface area (Å²) < 4.78 is 15.5. The largest absolute Gasteiger partial charge is 0.454 e. The monoisotopic (exact) mass is 812 g/mol. The second-order valence-corrected chi connectivity index (χ2v) is 18.9. The third-order valence-electron chi connectivity index (χ3n) is 4.02. The summed E-state index contributed by atoms with van der Waals surface area (Å²) in [4.78, 5) is 45.4. The van der Waals surface area contributed by atoms with E-state index in [2.05, 4.69) is 0 Å². The van der Waals surface area contributed by atoms with Crippen LogP contribution >= 0.6 is 118 Å². The lowest BCUT2D eigenvalue weighted by Crippen LogP contribution is -2.09. The molecule has 0 aliphatic rings. The average Bonchev–Trinajstić information content (AvgIpc) is 3.02. The van der Waals surface area contributed by atoms with Crippen LogP contribution in [0.3, 0.4) is 0 Å². The van der Waals surface area contributed by atoms with Crippen LogP contribution in [0.2, 0.25) is 0 Å². The maximum Gasteiger partial charge on any atom is 0.316 e. The molecule has 0 aliphatic heterocycles. The van der Waals surface area contributed by atoms with Gasteiger partial charge in [-0.15, -0.1) is 106 Å². The lowest BCUT2D eigenvalue weighted by atomic mass is 10.8. The number of carbonyl (C=O) groups is 3. The van der Waals surface area contributed by atoms with E-state index < -0.39 is 0 Å². The van der Waals surface area contributed by atoms with Crippen LogP contribution in [0.4, 0.5) is 0 Å². The molecule has 0 aromatic carbocycles. The third-order valence-corrected chi connectivity index (χ3v) is 14.2. The molecule has 0 saturated carbocycles. The van der Waals surface area contributed by atoms with Gasteiger partial charge in [0.25, 0.3) is 0 Å². The van der Waals surface area contributed by atoms with Crippen LogP contribution < -0.4 is 0 Å². The van der Waals surface area contributed by atoms with Crippen LogP contribution in [-0.4, -0.2) is 151 Å². The molecule has 44 heavy (non-hydrogen) atoms. The molecular weight excluding hydrogens is 769 g/mol. The van der Waals surface area contributed by atoms with Crippen molar-refractivity contribution in [1.82, 2.24) is 0 Å². The molecule has 0 amide bonds. The number of aliphatic hydroxyl groups is 2. The number of aliphatic hydroxyl groups excluding tert-OH is 2. The summed E-state index contributed by atoms with van der Waals surface area (Å²) in [5.74, 6) is 8.96. The molecule has 0 heterocycles. The summed E-state index contributed by atoms with van der Waals surface area (Å²) in [5.41, 5.74) is 0. The molecular formula is C24H44O10S10. The highest BCUT2D eigenvalue weighted by Crippen LogP contribution is 2.14. The standard InChI is InChI=1S/C24H44O10S10/c25-1-4-41-20-43-17-31-23(28)14-36-8-7-35-6-3-33-34-19-40-12-11-39-16-30-22(27)13-37-9-10-38-15-24(29)32-18-44-21-42-5-2-26/h25-26H,1-21H2. The Morgan fingerprint density at radius 1 is 0.409 bits per heavy atom. The van der Waals surface area contributed by atoms with Crippen LogP contribution in [0.25, 0.3) is 0 Å². The maximum absolute atomic E-state index is 11.8. The van der Waals surface area contributed by atoms with Crippen molar-refractivity contribution in [3.63, 3.8) is 0 Å². The Labute approximate surface area is 304 Å². The first kappa shape index (κ1) is 45.8. The Kier molecular flexibility index (Phi) is 40.7. The number of carbonyl (C=O) groups excluding carboxylic acids is 3. The summed E-state index contributed by atoms with van der Waals surface area (Å²) in [6, 6.07) is 0. The SMILES string of the molecule is O=C(CSCCSCC(=O)OCSCSCCO)OCSCCSCOOCCSCCSCC(=O)OCSCSCCO. The van der Waals surface area contributed by atoms with Gasteiger partial charge in [0, 0.05) is 61.9 Å². The van der Waals surface area contributed by atoms with Crippen molar-refractivity contribution >= 4 is 136 Å². The number of rotatable bonds is 35. The molecule has 0 saturated heterocycles. The van der Waals surface area contributed by atoms with Crippen molar-refractivity contribution < 1.29 is 48.6 Å². The van der Waals surface area contributed by atoms with Crippen molar-refractivity contribution in [2.24, 2.45) is 0 Å². The molecule has 0 aliphatic carbocycles. The van der Waals surface area contributed by atoms with Gasteiger partial charge in [0.15, 0.2) is 0 Å². The van der Waals surface area contributed by atoms with E-state index in [1.54, 1.807) is 70.6 Å². The van der Waals surface area contributed by atoms with E-state index in [4.69, 9.17) is 34.2 Å². The van der Waals surface area contributed by atoms with E-state index in [1.165, 1.54) is 47.0 Å². The van der Waals surface area contributed by atoms with Crippen molar-refractivity contribution in [3.05, 3.63) is 0 Å². The fraction of sp³-hybridized carbons (Fsp3) is 0.875. The van der Waals surface area contributed by atoms with E-state index in [9.17, 15) is 14.4 Å². The van der Waals surface area contributed by atoms with Crippen molar-refractivity contribution in [3.8, 4) is 0 Å². The van der Waals surface area contributed by atoms with Gasteiger partial charge in [0.2, 0.25) is 0 Å². The van der Waals surface area contributed by atoms with E-state index in [1.807, 2.05) is 0 Å². The van der Waals surface area contributed by atoms with Crippen molar-refractivity contribution in [2.75, 3.05) is 123 Å². The van der Waals surface area contributed by atoms with Gasteiger partial charge in [-0.1, -0.05) is 0 Å². The zero-order chi connectivity index (χ0) is 32.2. The minimum absolute atomic E-state index is 0.158. The van der Waals surface area contributed by atoms with Gasteiger partial charge >= 0.3 is 17.9 Å². The Morgan fingerprint density at radius 3 is 1.30 bits per heavy atom. The summed E-state index contributed by atoms with van der Waals surface area (Å²) in [6.45, 7) is 0.830. The number of thioether (sulfide) groups is 10. The predicted octanol–water partition coefficient (Wildman–Crippen LogP) is 4.63. The zero-order valence-corrected chi connectivity index (χ0v) is 32.8. The molecule has 0 aromatic rings. The van der Waals surface area contributed by atoms with Gasteiger partial charge < -0.3 is 24.4 Å². The fourth-order valence-corrected chi connectivity index (χ4v) is 10.2. The maximum atomic E-state index is 11.8. The van der Waals surface area contributed by atoms with Gasteiger partial charge in [-0.25, -0.2) is 9.78 Å². The number of ether oxygens (including phenoxy) is 3. The normalized spacial score (nSPS) is 11.0. The first-order valence-electron chi connectivity index (χ1n) is 13.3. The van der Waals surface area contributed by atoms with Crippen LogP contribution in [0.15, 0.2) is 0 Å². The molecule has 0 radical (unpaired) electrons. The minimum atomic E-state index is -0.236. The average molecular weight is 813 g/mol. The lowest BCUT2D eigenvalue weighted by Gasteiger charge is -2.06. The third kappa shape index (κ3) is 38.2. The molecule has 0 unspecified atom stereocenters. The van der Waals surface area contributed by atoms with Gasteiger partial charge in [-0.2, -0.15) is 11.8 Å². The topological polar surface area (TPSA) is 138 Å². The van der Waals surface area contributed by atoms with Crippen molar-refractivity contribution in [2.45, 2.75) is 0 Å². The number of hydrogen-bond donors (Lipinski definition) is 2. The van der Waals surface area contributed by atoms with Crippen molar-refractivity contribution in [1.29, 1.82) is 0 Å². The molecule has 10 nitrogen and oxygen atoms in total.